The van der Waals surface area contributed by atoms with E-state index in [1.807, 2.05) is 6.07 Å². The van der Waals surface area contributed by atoms with Crippen molar-refractivity contribution in [2.75, 3.05) is 19.3 Å². The van der Waals surface area contributed by atoms with E-state index in [9.17, 15) is 4.79 Å². The smallest absolute Gasteiger partial charge is 0.265 e. The van der Waals surface area contributed by atoms with E-state index in [0.717, 1.165) is 0 Å². The summed E-state index contributed by atoms with van der Waals surface area (Å²) in [5.41, 5.74) is 6.11. The molecule has 5 heteroatoms. The van der Waals surface area contributed by atoms with Crippen LogP contribution in [0.5, 0.6) is 0 Å². The normalized spacial score (nSPS) is 9.43. The first kappa shape index (κ1) is 10.5. The number of nitriles is 1. The van der Waals surface area contributed by atoms with Gasteiger partial charge in [0.1, 0.15) is 4.88 Å². The number of thiophene rings is 1. The van der Waals surface area contributed by atoms with E-state index in [1.165, 1.54) is 16.2 Å². The van der Waals surface area contributed by atoms with Gasteiger partial charge < -0.3 is 10.6 Å². The highest BCUT2D eigenvalue weighted by Crippen LogP contribution is 2.20. The third-order valence-electron chi connectivity index (χ3n) is 1.80. The van der Waals surface area contributed by atoms with Gasteiger partial charge in [-0.15, -0.1) is 11.3 Å². The number of carbonyl (C=O) groups excluding carboxylic acids is 1. The average molecular weight is 209 g/mol. The second kappa shape index (κ2) is 4.63. The minimum atomic E-state index is -0.118. The number of anilines is 1. The van der Waals surface area contributed by atoms with Crippen LogP contribution in [-0.4, -0.2) is 24.4 Å². The molecule has 0 saturated carbocycles. The van der Waals surface area contributed by atoms with Crippen LogP contribution in [0.25, 0.3) is 0 Å². The first-order valence-electron chi connectivity index (χ1n) is 4.12. The molecule has 0 bridgehead atoms. The summed E-state index contributed by atoms with van der Waals surface area (Å²) in [6.45, 7) is 0.437. The van der Waals surface area contributed by atoms with Crippen LogP contribution in [-0.2, 0) is 0 Å². The molecule has 1 rings (SSSR count). The molecule has 0 aromatic carbocycles. The third kappa shape index (κ3) is 2.24. The summed E-state index contributed by atoms with van der Waals surface area (Å²) < 4.78 is 0. The topological polar surface area (TPSA) is 70.1 Å². The molecule has 4 nitrogen and oxygen atoms in total. The molecule has 0 spiro atoms. The lowest BCUT2D eigenvalue weighted by Gasteiger charge is -2.14. The van der Waals surface area contributed by atoms with Gasteiger partial charge in [-0.1, -0.05) is 0 Å². The minimum Gasteiger partial charge on any atom is -0.397 e. The van der Waals surface area contributed by atoms with Crippen molar-refractivity contribution in [3.05, 3.63) is 16.3 Å². The van der Waals surface area contributed by atoms with Crippen molar-refractivity contribution in [2.24, 2.45) is 0 Å². The molecule has 0 aliphatic carbocycles. The van der Waals surface area contributed by atoms with E-state index < -0.39 is 0 Å². The summed E-state index contributed by atoms with van der Waals surface area (Å²) in [7, 11) is 1.67. The van der Waals surface area contributed by atoms with Gasteiger partial charge in [0.2, 0.25) is 0 Å². The Morgan fingerprint density at radius 2 is 2.50 bits per heavy atom. The molecule has 1 aromatic rings. The summed E-state index contributed by atoms with van der Waals surface area (Å²) in [6, 6.07) is 3.70. The molecule has 1 aromatic heterocycles. The first-order chi connectivity index (χ1) is 6.66. The van der Waals surface area contributed by atoms with Crippen molar-refractivity contribution in [1.29, 1.82) is 5.26 Å². The summed E-state index contributed by atoms with van der Waals surface area (Å²) in [5, 5.41) is 10.2. The Morgan fingerprint density at radius 3 is 3.00 bits per heavy atom. The van der Waals surface area contributed by atoms with Gasteiger partial charge in [-0.05, 0) is 11.4 Å². The van der Waals surface area contributed by atoms with Crippen molar-refractivity contribution in [2.45, 2.75) is 6.42 Å². The fourth-order valence-corrected chi connectivity index (χ4v) is 1.80. The monoisotopic (exact) mass is 209 g/mol. The quantitative estimate of drug-likeness (QED) is 0.816. The predicted molar refractivity (Wildman–Crippen MR) is 55.9 cm³/mol. The van der Waals surface area contributed by atoms with E-state index >= 15 is 0 Å². The Morgan fingerprint density at radius 1 is 1.79 bits per heavy atom. The van der Waals surface area contributed by atoms with Gasteiger partial charge in [-0.3, -0.25) is 4.79 Å². The maximum Gasteiger partial charge on any atom is 0.265 e. The molecular formula is C9H11N3OS. The fraction of sp³-hybridized carbons (Fsp3) is 0.333. The van der Waals surface area contributed by atoms with E-state index in [2.05, 4.69) is 0 Å². The number of hydrogen-bond acceptors (Lipinski definition) is 4. The molecule has 2 N–H and O–H groups in total. The summed E-state index contributed by atoms with van der Waals surface area (Å²) >= 11 is 1.32. The molecule has 0 aliphatic heterocycles. The number of rotatable bonds is 3. The zero-order valence-corrected chi connectivity index (χ0v) is 8.67. The second-order valence-corrected chi connectivity index (χ2v) is 3.76. The Bertz CT molecular complexity index is 366. The van der Waals surface area contributed by atoms with Gasteiger partial charge in [0.05, 0.1) is 18.2 Å². The second-order valence-electron chi connectivity index (χ2n) is 2.84. The van der Waals surface area contributed by atoms with Crippen molar-refractivity contribution in [3.63, 3.8) is 0 Å². The Balaban J connectivity index is 2.67. The van der Waals surface area contributed by atoms with Crippen LogP contribution in [0.4, 0.5) is 5.69 Å². The number of nitrogens with zero attached hydrogens (tertiary/aromatic N) is 2. The SMILES string of the molecule is CN(CCC#N)C(=O)c1sccc1N. The highest BCUT2D eigenvalue weighted by atomic mass is 32.1. The molecule has 0 saturated heterocycles. The van der Waals surface area contributed by atoms with Crippen LogP contribution in [0.15, 0.2) is 11.4 Å². The Hall–Kier alpha value is -1.54. The summed E-state index contributed by atoms with van der Waals surface area (Å²) in [6.07, 6.45) is 0.341. The van der Waals surface area contributed by atoms with E-state index in [1.54, 1.807) is 18.5 Å². The number of amides is 1. The van der Waals surface area contributed by atoms with E-state index in [4.69, 9.17) is 11.0 Å². The molecule has 0 radical (unpaired) electrons. The van der Waals surface area contributed by atoms with Gasteiger partial charge in [-0.2, -0.15) is 5.26 Å². The van der Waals surface area contributed by atoms with Crippen LogP contribution in [0.3, 0.4) is 0 Å². The largest absolute Gasteiger partial charge is 0.397 e. The molecule has 74 valence electrons. The van der Waals surface area contributed by atoms with Crippen molar-refractivity contribution >= 4 is 22.9 Å². The van der Waals surface area contributed by atoms with Gasteiger partial charge >= 0.3 is 0 Å². The summed E-state index contributed by atoms with van der Waals surface area (Å²) in [5.74, 6) is -0.118. The van der Waals surface area contributed by atoms with Gasteiger partial charge in [0.25, 0.3) is 5.91 Å². The lowest BCUT2D eigenvalue weighted by molar-refractivity contribution is 0.0803. The maximum atomic E-state index is 11.7. The molecule has 14 heavy (non-hydrogen) atoms. The van der Waals surface area contributed by atoms with E-state index in [0.29, 0.717) is 23.5 Å². The fourth-order valence-electron chi connectivity index (χ4n) is 0.986. The molecule has 1 amide bonds. The Labute approximate surface area is 86.6 Å². The van der Waals surface area contributed by atoms with Crippen LogP contribution in [0, 0.1) is 11.3 Å². The molecule has 0 fully saturated rings. The number of carbonyl (C=O) groups is 1. The van der Waals surface area contributed by atoms with Crippen LogP contribution in [0.2, 0.25) is 0 Å². The molecular weight excluding hydrogens is 198 g/mol. The zero-order valence-electron chi connectivity index (χ0n) is 7.86. The van der Waals surface area contributed by atoms with Gasteiger partial charge in [0, 0.05) is 13.6 Å². The van der Waals surface area contributed by atoms with Crippen molar-refractivity contribution in [3.8, 4) is 6.07 Å². The van der Waals surface area contributed by atoms with Crippen LogP contribution in [0.1, 0.15) is 16.1 Å². The third-order valence-corrected chi connectivity index (χ3v) is 2.71. The maximum absolute atomic E-state index is 11.7. The zero-order chi connectivity index (χ0) is 10.6. The predicted octanol–water partition coefficient (Wildman–Crippen LogP) is 1.32. The van der Waals surface area contributed by atoms with Crippen molar-refractivity contribution < 1.29 is 4.79 Å². The Kier molecular flexibility index (Phi) is 3.48. The minimum absolute atomic E-state index is 0.118. The molecule has 0 unspecified atom stereocenters. The summed E-state index contributed by atoms with van der Waals surface area (Å²) in [4.78, 5) is 13.7. The van der Waals surface area contributed by atoms with E-state index in [-0.39, 0.29) is 5.91 Å². The van der Waals surface area contributed by atoms with Gasteiger partial charge in [-0.25, -0.2) is 0 Å². The molecule has 0 atom stereocenters. The molecule has 0 aliphatic rings. The standard InChI is InChI=1S/C9H11N3OS/c1-12(5-2-4-10)9(13)8-7(11)3-6-14-8/h3,6H,2,5,11H2,1H3. The van der Waals surface area contributed by atoms with Crippen LogP contribution >= 0.6 is 11.3 Å². The average Bonchev–Trinajstić information content (AvgIpc) is 2.59. The lowest BCUT2D eigenvalue weighted by Crippen LogP contribution is -2.27. The number of hydrogen-bond donors (Lipinski definition) is 1. The number of nitrogens with two attached hydrogens (primary N) is 1. The first-order valence-corrected chi connectivity index (χ1v) is 5.00. The number of nitrogen functional groups attached to an aromatic ring is 1. The highest BCUT2D eigenvalue weighted by Gasteiger charge is 2.15. The van der Waals surface area contributed by atoms with Crippen molar-refractivity contribution in [1.82, 2.24) is 4.90 Å². The highest BCUT2D eigenvalue weighted by molar-refractivity contribution is 7.12. The van der Waals surface area contributed by atoms with Gasteiger partial charge in [0.15, 0.2) is 0 Å². The van der Waals surface area contributed by atoms with Crippen LogP contribution < -0.4 is 5.73 Å². The molecule has 1 heterocycles. The lowest BCUT2D eigenvalue weighted by atomic mass is 10.3.